The molecule has 2 saturated carbocycles. The monoisotopic (exact) mass is 640 g/mol. The summed E-state index contributed by atoms with van der Waals surface area (Å²) in [6, 6.07) is 0. The lowest BCUT2D eigenvalue weighted by molar-refractivity contribution is -0.271. The Kier molecular flexibility index (Phi) is 9.61. The zero-order valence-corrected chi connectivity index (χ0v) is 27.0. The van der Waals surface area contributed by atoms with Gasteiger partial charge in [0.05, 0.1) is 37.1 Å². The van der Waals surface area contributed by atoms with E-state index in [1.807, 2.05) is 0 Å². The largest absolute Gasteiger partial charge is 0.465 e. The number of ether oxygens (including phenoxy) is 7. The number of carbonyl (C=O) groups is 4. The summed E-state index contributed by atoms with van der Waals surface area (Å²) in [5, 5.41) is 21.2. The second-order valence-corrected chi connectivity index (χ2v) is 14.2. The quantitative estimate of drug-likeness (QED) is 0.202. The van der Waals surface area contributed by atoms with E-state index in [1.165, 1.54) is 13.8 Å². The minimum absolute atomic E-state index is 0.0145. The van der Waals surface area contributed by atoms with Gasteiger partial charge in [-0.15, -0.1) is 0 Å². The highest BCUT2D eigenvalue weighted by Gasteiger charge is 2.77. The van der Waals surface area contributed by atoms with E-state index >= 15 is 0 Å². The third kappa shape index (κ3) is 6.47. The first-order valence-electron chi connectivity index (χ1n) is 16.1. The van der Waals surface area contributed by atoms with Crippen LogP contribution in [0.25, 0.3) is 0 Å². The summed E-state index contributed by atoms with van der Waals surface area (Å²) in [7, 11) is 0. The number of epoxide rings is 1. The maximum absolute atomic E-state index is 13.2. The van der Waals surface area contributed by atoms with Gasteiger partial charge in [-0.1, -0.05) is 13.8 Å². The van der Waals surface area contributed by atoms with Crippen molar-refractivity contribution in [3.8, 4) is 0 Å². The third-order valence-electron chi connectivity index (χ3n) is 11.1. The number of hydrogen-bond acceptors (Lipinski definition) is 13. The Morgan fingerprint density at radius 1 is 0.911 bits per heavy atom. The molecule has 13 heteroatoms. The van der Waals surface area contributed by atoms with E-state index in [2.05, 4.69) is 13.8 Å². The Morgan fingerprint density at radius 2 is 1.58 bits per heavy atom. The molecule has 0 bridgehead atoms. The molecular weight excluding hydrogens is 592 g/mol. The van der Waals surface area contributed by atoms with E-state index in [0.29, 0.717) is 38.7 Å². The maximum Gasteiger partial charge on any atom is 0.309 e. The van der Waals surface area contributed by atoms with Crippen LogP contribution in [0.2, 0.25) is 0 Å². The Balaban J connectivity index is 1.37. The number of rotatable bonds is 10. The van der Waals surface area contributed by atoms with Gasteiger partial charge in [-0.3, -0.25) is 19.2 Å². The Labute approximate surface area is 263 Å². The normalized spacial score (nSPS) is 43.0. The number of aliphatic hydroxyl groups excluding tert-OH is 2. The first-order chi connectivity index (χ1) is 21.1. The van der Waals surface area contributed by atoms with Gasteiger partial charge in [-0.2, -0.15) is 0 Å². The highest BCUT2D eigenvalue weighted by molar-refractivity contribution is 5.73. The van der Waals surface area contributed by atoms with Crippen LogP contribution in [0.15, 0.2) is 0 Å². The minimum Gasteiger partial charge on any atom is -0.465 e. The van der Waals surface area contributed by atoms with Crippen LogP contribution in [0.5, 0.6) is 0 Å². The average Bonchev–Trinajstić information content (AvgIpc) is 3.42. The fourth-order valence-electron chi connectivity index (χ4n) is 8.91. The highest BCUT2D eigenvalue weighted by Crippen LogP contribution is 2.70. The summed E-state index contributed by atoms with van der Waals surface area (Å²) in [5.41, 5.74) is -2.40. The molecule has 45 heavy (non-hydrogen) atoms. The number of fused-ring (bicyclic) bond motifs is 3. The summed E-state index contributed by atoms with van der Waals surface area (Å²) in [5.74, 6) is -2.49. The Morgan fingerprint density at radius 3 is 2.20 bits per heavy atom. The van der Waals surface area contributed by atoms with Crippen LogP contribution in [-0.4, -0.2) is 96.0 Å². The smallest absolute Gasteiger partial charge is 0.309 e. The lowest BCUT2D eigenvalue weighted by atomic mass is 9.42. The van der Waals surface area contributed by atoms with Crippen LogP contribution in [0.4, 0.5) is 0 Å². The molecule has 13 atom stereocenters. The van der Waals surface area contributed by atoms with Crippen molar-refractivity contribution in [1.82, 2.24) is 0 Å². The van der Waals surface area contributed by atoms with Crippen LogP contribution in [0.1, 0.15) is 86.5 Å². The first-order valence-corrected chi connectivity index (χ1v) is 16.1. The third-order valence-corrected chi connectivity index (χ3v) is 11.1. The zero-order valence-electron chi connectivity index (χ0n) is 27.0. The van der Waals surface area contributed by atoms with Crippen molar-refractivity contribution in [2.75, 3.05) is 13.2 Å². The molecule has 13 nitrogen and oxygen atoms in total. The predicted molar refractivity (Wildman–Crippen MR) is 153 cm³/mol. The van der Waals surface area contributed by atoms with Crippen molar-refractivity contribution < 1.29 is 62.5 Å². The Hall–Kier alpha value is -2.32. The van der Waals surface area contributed by atoms with Crippen LogP contribution in [0, 0.1) is 28.6 Å². The molecule has 0 aromatic carbocycles. The molecule has 0 aromatic rings. The van der Waals surface area contributed by atoms with E-state index in [9.17, 15) is 29.4 Å². The van der Waals surface area contributed by atoms with Gasteiger partial charge in [0.25, 0.3) is 0 Å². The molecule has 1 spiro atoms. The van der Waals surface area contributed by atoms with Gasteiger partial charge < -0.3 is 43.4 Å². The standard InChI is InChI=1S/C32H48O13/c1-16-7-25(43-20(5)34)32(15-39-26(36)8-18(3)42-27(37)9-17(2)41-19(4)33)23(12-22(35)13-31(32)14-40-31)30(16,6)24-10-21-11-28(38)45-29(21)44-24/h16-18,21-25,28-29,35,38H,7-15H2,1-6H3/t16-,17+,18+,21+,22-,23-,24+,25+,28-,29-,30+,31+,32+/m1/s1. The SMILES string of the molecule is CC(=O)O[C@H]1C[C@@H](C)[C@](C)([C@@H]2C[C@H]3C[C@H](O)O[C@H]3O2)[C@H]2C[C@@H](O)C[C@]3(CO3)[C@]12COC(=O)C[C@H](C)OC(=O)C[C@H](C)OC(C)=O. The van der Waals surface area contributed by atoms with Crippen molar-refractivity contribution >= 4 is 23.9 Å². The van der Waals surface area contributed by atoms with Crippen molar-refractivity contribution in [2.45, 2.75) is 135 Å². The lowest BCUT2D eigenvalue weighted by Gasteiger charge is -2.64. The van der Waals surface area contributed by atoms with Crippen LogP contribution in [-0.2, 0) is 52.3 Å². The number of aliphatic hydroxyl groups is 2. The summed E-state index contributed by atoms with van der Waals surface area (Å²) >= 11 is 0. The molecule has 3 saturated heterocycles. The predicted octanol–water partition coefficient (Wildman–Crippen LogP) is 2.17. The Bertz CT molecular complexity index is 1140. The molecular formula is C32H48O13. The van der Waals surface area contributed by atoms with Gasteiger partial charge in [-0.05, 0) is 44.9 Å². The van der Waals surface area contributed by atoms with E-state index < -0.39 is 77.3 Å². The van der Waals surface area contributed by atoms with E-state index in [4.69, 9.17) is 33.2 Å². The van der Waals surface area contributed by atoms with Gasteiger partial charge in [0, 0.05) is 38.0 Å². The molecule has 5 fully saturated rings. The van der Waals surface area contributed by atoms with Gasteiger partial charge in [0.15, 0.2) is 12.6 Å². The summed E-state index contributed by atoms with van der Waals surface area (Å²) in [4.78, 5) is 49.2. The first kappa shape index (κ1) is 34.0. The van der Waals surface area contributed by atoms with Gasteiger partial charge in [0.2, 0.25) is 0 Å². The van der Waals surface area contributed by atoms with Crippen LogP contribution >= 0.6 is 0 Å². The fraction of sp³-hybridized carbons (Fsp3) is 0.875. The average molecular weight is 641 g/mol. The molecule has 5 aliphatic rings. The molecule has 2 aliphatic carbocycles. The molecule has 0 radical (unpaired) electrons. The number of carbonyl (C=O) groups excluding carboxylic acids is 4. The molecule has 0 unspecified atom stereocenters. The minimum atomic E-state index is -0.977. The zero-order chi connectivity index (χ0) is 32.9. The van der Waals surface area contributed by atoms with Crippen molar-refractivity contribution in [2.24, 2.45) is 28.6 Å². The molecule has 3 heterocycles. The van der Waals surface area contributed by atoms with Gasteiger partial charge in [-0.25, -0.2) is 0 Å². The van der Waals surface area contributed by atoms with Crippen molar-refractivity contribution in [1.29, 1.82) is 0 Å². The number of esters is 4. The fourth-order valence-corrected chi connectivity index (χ4v) is 8.91. The molecule has 0 aromatic heterocycles. The van der Waals surface area contributed by atoms with Gasteiger partial charge in [0.1, 0.15) is 30.5 Å². The molecule has 3 aliphatic heterocycles. The second-order valence-electron chi connectivity index (χ2n) is 14.2. The molecule has 2 N–H and O–H groups in total. The van der Waals surface area contributed by atoms with Crippen LogP contribution in [0.3, 0.4) is 0 Å². The molecule has 0 amide bonds. The van der Waals surface area contributed by atoms with Crippen LogP contribution < -0.4 is 0 Å². The lowest BCUT2D eigenvalue weighted by Crippen LogP contribution is -2.70. The number of hydrogen-bond donors (Lipinski definition) is 2. The van der Waals surface area contributed by atoms with E-state index in [0.717, 1.165) is 0 Å². The highest BCUT2D eigenvalue weighted by atomic mass is 16.7. The van der Waals surface area contributed by atoms with Crippen molar-refractivity contribution in [3.63, 3.8) is 0 Å². The summed E-state index contributed by atoms with van der Waals surface area (Å²) in [6.45, 7) is 10.2. The second kappa shape index (κ2) is 12.7. The maximum atomic E-state index is 13.2. The summed E-state index contributed by atoms with van der Waals surface area (Å²) < 4.78 is 40.6. The van der Waals surface area contributed by atoms with E-state index in [-0.39, 0.29) is 43.3 Å². The summed E-state index contributed by atoms with van der Waals surface area (Å²) in [6.07, 6.45) is -2.53. The van der Waals surface area contributed by atoms with Crippen molar-refractivity contribution in [3.05, 3.63) is 0 Å². The van der Waals surface area contributed by atoms with Gasteiger partial charge >= 0.3 is 23.9 Å². The van der Waals surface area contributed by atoms with E-state index in [1.54, 1.807) is 13.8 Å². The molecule has 5 rings (SSSR count). The molecule has 254 valence electrons. The topological polar surface area (TPSA) is 177 Å².